The molecule has 10 nitrogen and oxygen atoms in total. The van der Waals surface area contributed by atoms with Crippen LogP contribution in [0.3, 0.4) is 0 Å². The molecule has 2 amide bonds. The number of pyridine rings is 1. The van der Waals surface area contributed by atoms with Gasteiger partial charge in [-0.1, -0.05) is 11.6 Å². The number of nitrogens with zero attached hydrogens (tertiary/aromatic N) is 2. The van der Waals surface area contributed by atoms with E-state index in [1.807, 2.05) is 0 Å². The fourth-order valence-corrected chi connectivity index (χ4v) is 4.74. The summed E-state index contributed by atoms with van der Waals surface area (Å²) in [4.78, 5) is 26.6. The van der Waals surface area contributed by atoms with Crippen LogP contribution >= 0.6 is 11.6 Å². The Balaban J connectivity index is 1.71. The number of sulfonamides is 1. The number of ether oxygens (including phenoxy) is 2. The van der Waals surface area contributed by atoms with E-state index >= 15 is 0 Å². The van der Waals surface area contributed by atoms with Crippen molar-refractivity contribution < 1.29 is 50.6 Å². The molecule has 15 heteroatoms. The molecule has 0 radical (unpaired) electrons. The average Bonchev–Trinajstić information content (AvgIpc) is 3.05. The molecule has 2 N–H and O–H groups in total. The van der Waals surface area contributed by atoms with Crippen molar-refractivity contribution in [1.29, 1.82) is 0 Å². The Bertz CT molecular complexity index is 1500. The maximum Gasteiger partial charge on any atom is 0.573 e. The number of fused-ring (bicyclic) bond motifs is 1. The number of amides is 2. The van der Waals surface area contributed by atoms with Crippen LogP contribution in [0.1, 0.15) is 20.7 Å². The van der Waals surface area contributed by atoms with Gasteiger partial charge in [0.2, 0.25) is 6.20 Å². The summed E-state index contributed by atoms with van der Waals surface area (Å²) in [6.07, 6.45) is -2.74. The molecule has 1 aliphatic rings. The van der Waals surface area contributed by atoms with Crippen molar-refractivity contribution in [3.05, 3.63) is 71.0 Å². The van der Waals surface area contributed by atoms with Gasteiger partial charge in [0.1, 0.15) is 11.4 Å². The van der Waals surface area contributed by atoms with Gasteiger partial charge in [-0.25, -0.2) is 13.3 Å². The Kier molecular flexibility index (Phi) is 6.18. The molecule has 0 aliphatic carbocycles. The number of anilines is 2. The third kappa shape index (κ3) is 4.72. The van der Waals surface area contributed by atoms with Gasteiger partial charge in [-0.3, -0.25) is 19.5 Å². The summed E-state index contributed by atoms with van der Waals surface area (Å²) in [5.74, 6) is -2.36. The van der Waals surface area contributed by atoms with Crippen molar-refractivity contribution in [2.24, 2.45) is 0 Å². The van der Waals surface area contributed by atoms with E-state index in [-0.39, 0.29) is 33.3 Å². The van der Waals surface area contributed by atoms with Crippen LogP contribution in [0.25, 0.3) is 0 Å². The van der Waals surface area contributed by atoms with Gasteiger partial charge in [-0.2, -0.15) is 0 Å². The molecule has 4 rings (SSSR count). The molecule has 0 saturated carbocycles. The van der Waals surface area contributed by atoms with Crippen molar-refractivity contribution in [1.82, 2.24) is 0 Å². The summed E-state index contributed by atoms with van der Waals surface area (Å²) >= 11 is 6.14. The number of imide groups is 1. The maximum atomic E-state index is 13.2. The number of nitrogens with one attached hydrogen (secondary N) is 1. The third-order valence-corrected chi connectivity index (χ3v) is 6.60. The van der Waals surface area contributed by atoms with Gasteiger partial charge in [0.05, 0.1) is 33.8 Å². The minimum atomic E-state index is -4.96. The van der Waals surface area contributed by atoms with Crippen LogP contribution in [0.15, 0.2) is 59.8 Å². The molecule has 0 bridgehead atoms. The number of rotatable bonds is 6. The molecule has 0 saturated heterocycles. The van der Waals surface area contributed by atoms with Gasteiger partial charge in [-0.05, 0) is 36.4 Å². The van der Waals surface area contributed by atoms with Crippen LogP contribution in [-0.4, -0.2) is 38.9 Å². The first-order chi connectivity index (χ1) is 16.8. The van der Waals surface area contributed by atoms with E-state index in [0.29, 0.717) is 9.63 Å². The van der Waals surface area contributed by atoms with E-state index in [2.05, 4.69) is 9.46 Å². The molecular weight excluding hydrogens is 531 g/mol. The molecule has 188 valence electrons. The first-order valence-corrected chi connectivity index (χ1v) is 11.6. The van der Waals surface area contributed by atoms with E-state index in [9.17, 15) is 36.4 Å². The topological polar surface area (TPSA) is 126 Å². The number of benzene rings is 2. The lowest BCUT2D eigenvalue weighted by atomic mass is 10.1. The molecule has 0 atom stereocenters. The van der Waals surface area contributed by atoms with Crippen molar-refractivity contribution in [3.8, 4) is 11.5 Å². The number of aromatic nitrogens is 1. The normalized spacial score (nSPS) is 13.5. The van der Waals surface area contributed by atoms with Crippen LogP contribution in [0, 0.1) is 0 Å². The molecule has 2 aromatic carbocycles. The maximum absolute atomic E-state index is 13.2. The van der Waals surface area contributed by atoms with E-state index in [4.69, 9.17) is 16.3 Å². The zero-order valence-corrected chi connectivity index (χ0v) is 19.5. The third-order valence-electron chi connectivity index (χ3n) is 4.91. The number of carbonyl (C=O) groups is 2. The molecule has 1 aliphatic heterocycles. The summed E-state index contributed by atoms with van der Waals surface area (Å²) < 4.78 is 74.3. The Morgan fingerprint density at radius 2 is 1.64 bits per heavy atom. The molecule has 2 heterocycles. The van der Waals surface area contributed by atoms with Gasteiger partial charge in [0, 0.05) is 10.8 Å². The predicted octanol–water partition coefficient (Wildman–Crippen LogP) is 3.37. The fraction of sp³-hybridized carbons (Fsp3) is 0.0952. The lowest BCUT2D eigenvalue weighted by Gasteiger charge is -2.13. The standard InChI is InChI=1S/C21H13ClF3N3O7S/c1-34-13-8-11(9-27(31)10-13)28-19(29)17-15(22)6-7-16(18(17)20(28)30)26-36(32,33)14-4-2-12(3-5-14)35-21(23,24)25/h2-10H,1H3,(H-,26,30,31)/p+1. The monoisotopic (exact) mass is 544 g/mol. The highest BCUT2D eigenvalue weighted by Crippen LogP contribution is 2.38. The second-order valence-electron chi connectivity index (χ2n) is 7.23. The van der Waals surface area contributed by atoms with Gasteiger partial charge >= 0.3 is 6.36 Å². The summed E-state index contributed by atoms with van der Waals surface area (Å²) in [5, 5.41) is 9.71. The molecule has 0 unspecified atom stereocenters. The molecule has 36 heavy (non-hydrogen) atoms. The SMILES string of the molecule is COc1cc(N2C(=O)c3c(Cl)ccc(NS(=O)(=O)c4ccc(OC(F)(F)F)cc4)c3C2=O)c[n+](O)c1. The minimum Gasteiger partial charge on any atom is -0.491 e. The highest BCUT2D eigenvalue weighted by atomic mass is 35.5. The fourth-order valence-electron chi connectivity index (χ4n) is 3.43. The van der Waals surface area contributed by atoms with Crippen LogP contribution in [0.5, 0.6) is 11.5 Å². The first-order valence-electron chi connectivity index (χ1n) is 9.70. The summed E-state index contributed by atoms with van der Waals surface area (Å²) in [5.41, 5.74) is -1.04. The van der Waals surface area contributed by atoms with E-state index in [1.54, 1.807) is 0 Å². The Labute approximate surface area is 206 Å². The Morgan fingerprint density at radius 1 is 1.00 bits per heavy atom. The molecule has 0 fully saturated rings. The molecule has 3 aromatic rings. The second kappa shape index (κ2) is 8.87. The van der Waals surface area contributed by atoms with E-state index in [0.717, 1.165) is 36.5 Å². The number of hydrogen-bond acceptors (Lipinski definition) is 7. The van der Waals surface area contributed by atoms with Crippen molar-refractivity contribution in [2.45, 2.75) is 11.3 Å². The lowest BCUT2D eigenvalue weighted by molar-refractivity contribution is -0.904. The van der Waals surface area contributed by atoms with Crippen LogP contribution in [0.2, 0.25) is 5.02 Å². The predicted molar refractivity (Wildman–Crippen MR) is 117 cm³/mol. The van der Waals surface area contributed by atoms with Gasteiger partial charge in [0.25, 0.3) is 28.0 Å². The van der Waals surface area contributed by atoms with Gasteiger partial charge < -0.3 is 9.47 Å². The summed E-state index contributed by atoms with van der Waals surface area (Å²) in [7, 11) is -3.13. The largest absolute Gasteiger partial charge is 0.573 e. The number of carbonyl (C=O) groups excluding carboxylic acids is 2. The number of alkyl halides is 3. The second-order valence-corrected chi connectivity index (χ2v) is 9.32. The van der Waals surface area contributed by atoms with Crippen molar-refractivity contribution >= 4 is 44.8 Å². The highest BCUT2D eigenvalue weighted by Gasteiger charge is 2.42. The van der Waals surface area contributed by atoms with Crippen molar-refractivity contribution in [3.63, 3.8) is 0 Å². The zero-order chi connectivity index (χ0) is 26.4. The molecule has 1 aromatic heterocycles. The number of methoxy groups -OCH3 is 1. The van der Waals surface area contributed by atoms with E-state index in [1.165, 1.54) is 25.4 Å². The quantitative estimate of drug-likeness (QED) is 0.277. The Hall–Kier alpha value is -4.04. The minimum absolute atomic E-state index is 0.0897. The zero-order valence-electron chi connectivity index (χ0n) is 17.9. The molecular formula is C21H14ClF3N3O7S+. The lowest BCUT2D eigenvalue weighted by Crippen LogP contribution is -2.35. The van der Waals surface area contributed by atoms with Gasteiger partial charge in [-0.15, -0.1) is 13.2 Å². The number of hydrogen-bond donors (Lipinski definition) is 2. The van der Waals surface area contributed by atoms with Crippen molar-refractivity contribution in [2.75, 3.05) is 16.7 Å². The van der Waals surface area contributed by atoms with E-state index < -0.39 is 38.8 Å². The summed E-state index contributed by atoms with van der Waals surface area (Å²) in [6.45, 7) is 0. The number of halogens is 4. The Morgan fingerprint density at radius 3 is 2.25 bits per heavy atom. The average molecular weight is 545 g/mol. The highest BCUT2D eigenvalue weighted by molar-refractivity contribution is 7.92. The summed E-state index contributed by atoms with van der Waals surface area (Å²) in [6, 6.07) is 6.99. The van der Waals surface area contributed by atoms with Gasteiger partial charge in [0.15, 0.2) is 5.75 Å². The van der Waals surface area contributed by atoms with Crippen LogP contribution < -0.4 is 23.8 Å². The first kappa shape index (κ1) is 25.1. The molecule has 0 spiro atoms. The smallest absolute Gasteiger partial charge is 0.491 e. The van der Waals surface area contributed by atoms with Crippen LogP contribution in [0.4, 0.5) is 24.5 Å². The van der Waals surface area contributed by atoms with Crippen LogP contribution in [-0.2, 0) is 10.0 Å².